The molecule has 5 nitrogen and oxygen atoms in total. The molecule has 1 aliphatic heterocycles. The van der Waals surface area contributed by atoms with Gasteiger partial charge in [-0.3, -0.25) is 4.79 Å². The van der Waals surface area contributed by atoms with E-state index in [0.717, 1.165) is 37.3 Å². The van der Waals surface area contributed by atoms with E-state index in [4.69, 9.17) is 4.74 Å². The highest BCUT2D eigenvalue weighted by molar-refractivity contribution is 5.84. The molecule has 0 bridgehead atoms. The summed E-state index contributed by atoms with van der Waals surface area (Å²) in [6.45, 7) is 4.66. The number of ether oxygens (including phenoxy) is 1. The zero-order valence-corrected chi connectivity index (χ0v) is 14.4. The second-order valence-corrected chi connectivity index (χ2v) is 6.34. The third-order valence-corrected chi connectivity index (χ3v) is 4.57. The Morgan fingerprint density at radius 2 is 1.79 bits per heavy atom. The molecule has 128 valence electrons. The first-order valence-corrected chi connectivity index (χ1v) is 8.39. The number of fused-ring (bicyclic) bond motifs is 1. The molecule has 0 atom stereocenters. The molecule has 2 aromatic rings. The van der Waals surface area contributed by atoms with Crippen molar-refractivity contribution < 1.29 is 9.53 Å². The van der Waals surface area contributed by atoms with E-state index in [1.54, 1.807) is 7.11 Å². The fraction of sp³-hybridized carbons (Fsp3) is 0.421. The maximum absolute atomic E-state index is 12.2. The summed E-state index contributed by atoms with van der Waals surface area (Å²) in [5, 5.41) is 5.61. The molecule has 0 radical (unpaired) electrons. The number of likely N-dealkylation sites (N-methyl/N-ethyl adjacent to an activating group) is 1. The van der Waals surface area contributed by atoms with Gasteiger partial charge in [0.05, 0.1) is 13.7 Å². The molecule has 1 aliphatic rings. The summed E-state index contributed by atoms with van der Waals surface area (Å²) in [6, 6.07) is 12.4. The number of carbonyl (C=O) groups is 1. The van der Waals surface area contributed by atoms with Crippen molar-refractivity contribution in [2.24, 2.45) is 0 Å². The van der Waals surface area contributed by atoms with Crippen LogP contribution in [-0.4, -0.2) is 62.6 Å². The molecule has 0 spiro atoms. The number of carbonyl (C=O) groups excluding carboxylic acids is 1. The smallest absolute Gasteiger partial charge is 0.236 e. The summed E-state index contributed by atoms with van der Waals surface area (Å²) >= 11 is 0. The van der Waals surface area contributed by atoms with E-state index in [-0.39, 0.29) is 5.91 Å². The van der Waals surface area contributed by atoms with Crippen LogP contribution in [0.25, 0.3) is 10.8 Å². The molecule has 0 aliphatic carbocycles. The van der Waals surface area contributed by atoms with E-state index in [1.165, 1.54) is 10.9 Å². The van der Waals surface area contributed by atoms with Crippen LogP contribution in [0.5, 0.6) is 5.75 Å². The molecular formula is C19H25N3O2. The lowest BCUT2D eigenvalue weighted by molar-refractivity contribution is -0.131. The Kier molecular flexibility index (Phi) is 5.33. The summed E-state index contributed by atoms with van der Waals surface area (Å²) in [6.07, 6.45) is 0. The maximum atomic E-state index is 12.2. The first kappa shape index (κ1) is 16.7. The van der Waals surface area contributed by atoms with Crippen LogP contribution in [0.15, 0.2) is 36.4 Å². The van der Waals surface area contributed by atoms with Gasteiger partial charge < -0.3 is 19.9 Å². The van der Waals surface area contributed by atoms with Crippen molar-refractivity contribution in [3.63, 3.8) is 0 Å². The predicted octanol–water partition coefficient (Wildman–Crippen LogP) is 1.71. The van der Waals surface area contributed by atoms with Gasteiger partial charge in [-0.1, -0.05) is 18.2 Å². The number of rotatable bonds is 5. The van der Waals surface area contributed by atoms with Gasteiger partial charge in [-0.05, 0) is 41.6 Å². The van der Waals surface area contributed by atoms with Gasteiger partial charge in [-0.2, -0.15) is 0 Å². The van der Waals surface area contributed by atoms with Crippen molar-refractivity contribution in [1.29, 1.82) is 0 Å². The molecule has 5 heteroatoms. The van der Waals surface area contributed by atoms with Crippen molar-refractivity contribution in [2.45, 2.75) is 6.54 Å². The number of hydrogen-bond donors (Lipinski definition) is 1. The summed E-state index contributed by atoms with van der Waals surface area (Å²) in [4.78, 5) is 16.4. The Morgan fingerprint density at radius 1 is 1.08 bits per heavy atom. The fourth-order valence-corrected chi connectivity index (χ4v) is 2.99. The zero-order chi connectivity index (χ0) is 16.9. The lowest BCUT2D eigenvalue weighted by atomic mass is 10.1. The van der Waals surface area contributed by atoms with Gasteiger partial charge in [0.2, 0.25) is 5.91 Å². The quantitative estimate of drug-likeness (QED) is 0.908. The maximum Gasteiger partial charge on any atom is 0.236 e. The number of nitrogens with one attached hydrogen (secondary N) is 1. The average molecular weight is 327 g/mol. The van der Waals surface area contributed by atoms with Gasteiger partial charge in [-0.25, -0.2) is 0 Å². The number of methoxy groups -OCH3 is 1. The van der Waals surface area contributed by atoms with Gasteiger partial charge >= 0.3 is 0 Å². The molecule has 1 amide bonds. The van der Waals surface area contributed by atoms with Crippen molar-refractivity contribution in [1.82, 2.24) is 15.1 Å². The molecule has 0 aromatic heterocycles. The third-order valence-electron chi connectivity index (χ3n) is 4.57. The molecule has 24 heavy (non-hydrogen) atoms. The van der Waals surface area contributed by atoms with Gasteiger partial charge in [0.1, 0.15) is 5.75 Å². The van der Waals surface area contributed by atoms with Crippen LogP contribution in [0.3, 0.4) is 0 Å². The third kappa shape index (κ3) is 4.04. The minimum atomic E-state index is 0.189. The Morgan fingerprint density at radius 3 is 2.54 bits per heavy atom. The topological polar surface area (TPSA) is 44.8 Å². The summed E-state index contributed by atoms with van der Waals surface area (Å²) in [5.41, 5.74) is 1.18. The van der Waals surface area contributed by atoms with Crippen LogP contribution in [0.1, 0.15) is 5.56 Å². The Hall–Kier alpha value is -2.11. The van der Waals surface area contributed by atoms with Crippen LogP contribution in [0, 0.1) is 0 Å². The zero-order valence-electron chi connectivity index (χ0n) is 14.4. The molecule has 1 N–H and O–H groups in total. The Balaban J connectivity index is 1.53. The molecular weight excluding hydrogens is 302 g/mol. The second-order valence-electron chi connectivity index (χ2n) is 6.34. The summed E-state index contributed by atoms with van der Waals surface area (Å²) in [5.74, 6) is 1.06. The van der Waals surface area contributed by atoms with Crippen LogP contribution in [0.2, 0.25) is 0 Å². The number of piperazine rings is 1. The van der Waals surface area contributed by atoms with Crippen LogP contribution in [-0.2, 0) is 11.3 Å². The second kappa shape index (κ2) is 7.64. The highest BCUT2D eigenvalue weighted by Gasteiger charge is 2.18. The van der Waals surface area contributed by atoms with E-state index in [0.29, 0.717) is 13.1 Å². The minimum Gasteiger partial charge on any atom is -0.497 e. The van der Waals surface area contributed by atoms with Crippen molar-refractivity contribution >= 4 is 16.7 Å². The molecule has 0 unspecified atom stereocenters. The molecule has 2 aromatic carbocycles. The number of hydrogen-bond acceptors (Lipinski definition) is 4. The lowest BCUT2D eigenvalue weighted by Crippen LogP contribution is -2.49. The predicted molar refractivity (Wildman–Crippen MR) is 96.3 cm³/mol. The van der Waals surface area contributed by atoms with Gasteiger partial charge in [0, 0.05) is 32.7 Å². The molecule has 1 heterocycles. The highest BCUT2D eigenvalue weighted by Crippen LogP contribution is 2.21. The van der Waals surface area contributed by atoms with Gasteiger partial charge in [-0.15, -0.1) is 0 Å². The Bertz CT molecular complexity index is 709. The van der Waals surface area contributed by atoms with E-state index in [9.17, 15) is 4.79 Å². The first-order valence-electron chi connectivity index (χ1n) is 8.39. The van der Waals surface area contributed by atoms with Gasteiger partial charge in [0.25, 0.3) is 0 Å². The summed E-state index contributed by atoms with van der Waals surface area (Å²) < 4.78 is 5.25. The summed E-state index contributed by atoms with van der Waals surface area (Å²) in [7, 11) is 3.77. The van der Waals surface area contributed by atoms with E-state index < -0.39 is 0 Å². The van der Waals surface area contributed by atoms with Crippen LogP contribution in [0.4, 0.5) is 0 Å². The average Bonchev–Trinajstić information content (AvgIpc) is 2.61. The van der Waals surface area contributed by atoms with E-state index in [2.05, 4.69) is 41.5 Å². The molecule has 1 saturated heterocycles. The van der Waals surface area contributed by atoms with Crippen molar-refractivity contribution in [3.8, 4) is 5.75 Å². The molecule has 0 saturated carbocycles. The number of amides is 1. The number of benzene rings is 2. The monoisotopic (exact) mass is 327 g/mol. The largest absolute Gasteiger partial charge is 0.497 e. The van der Waals surface area contributed by atoms with Gasteiger partial charge in [0.15, 0.2) is 0 Å². The Labute approximate surface area is 143 Å². The SMILES string of the molecule is COc1ccc2cc(CNCC(=O)N3CCN(C)CC3)ccc2c1. The van der Waals surface area contributed by atoms with E-state index in [1.807, 2.05) is 17.0 Å². The number of nitrogens with zero attached hydrogens (tertiary/aromatic N) is 2. The van der Waals surface area contributed by atoms with Crippen LogP contribution >= 0.6 is 0 Å². The minimum absolute atomic E-state index is 0.189. The molecule has 3 rings (SSSR count). The van der Waals surface area contributed by atoms with Crippen molar-refractivity contribution in [2.75, 3.05) is 46.9 Å². The fourth-order valence-electron chi connectivity index (χ4n) is 2.99. The van der Waals surface area contributed by atoms with E-state index >= 15 is 0 Å². The van der Waals surface area contributed by atoms with Crippen molar-refractivity contribution in [3.05, 3.63) is 42.0 Å². The first-order chi connectivity index (χ1) is 11.7. The highest BCUT2D eigenvalue weighted by atomic mass is 16.5. The molecule has 1 fully saturated rings. The standard InChI is InChI=1S/C19H25N3O2/c1-21-7-9-22(10-8-21)19(23)14-20-13-15-3-4-17-12-18(24-2)6-5-16(17)11-15/h3-6,11-12,20H,7-10,13-14H2,1-2H3. The van der Waals surface area contributed by atoms with Crippen LogP contribution < -0.4 is 10.1 Å². The lowest BCUT2D eigenvalue weighted by Gasteiger charge is -2.32. The normalized spacial score (nSPS) is 15.7.